The van der Waals surface area contributed by atoms with Crippen LogP contribution in [0.4, 0.5) is 14.6 Å². The van der Waals surface area contributed by atoms with E-state index in [1.807, 2.05) is 44.2 Å². The van der Waals surface area contributed by atoms with Crippen molar-refractivity contribution in [1.82, 2.24) is 15.3 Å². The number of nitrogens with zero attached hydrogens (tertiary/aromatic N) is 3. The van der Waals surface area contributed by atoms with Crippen LogP contribution in [0.5, 0.6) is 5.75 Å². The monoisotopic (exact) mass is 584 g/mol. The summed E-state index contributed by atoms with van der Waals surface area (Å²) < 4.78 is 64.7. The van der Waals surface area contributed by atoms with E-state index in [-0.39, 0.29) is 30.9 Å². The molecule has 1 unspecified atom stereocenters. The van der Waals surface area contributed by atoms with E-state index in [1.165, 1.54) is 0 Å². The number of fused-ring (bicyclic) bond motifs is 1. The van der Waals surface area contributed by atoms with Crippen LogP contribution in [0.15, 0.2) is 53.6 Å². The van der Waals surface area contributed by atoms with Crippen molar-refractivity contribution in [3.05, 3.63) is 77.0 Å². The number of alkyl halides is 1. The average Bonchev–Trinajstić information content (AvgIpc) is 3.06. The van der Waals surface area contributed by atoms with Crippen LogP contribution in [-0.2, 0) is 21.1 Å². The van der Waals surface area contributed by atoms with Crippen LogP contribution in [0.25, 0.3) is 12.2 Å². The summed E-state index contributed by atoms with van der Waals surface area (Å²) in [5, 5.41) is 2.61. The van der Waals surface area contributed by atoms with Gasteiger partial charge in [-0.3, -0.25) is 9.78 Å². The lowest BCUT2D eigenvalue weighted by Crippen LogP contribution is -2.45. The molecule has 4 heterocycles. The first-order valence-corrected chi connectivity index (χ1v) is 14.8. The third-order valence-electron chi connectivity index (χ3n) is 6.72. The molecule has 1 fully saturated rings. The van der Waals surface area contributed by atoms with Crippen LogP contribution in [0, 0.1) is 5.82 Å². The Bertz CT molecular complexity index is 1570. The van der Waals surface area contributed by atoms with Gasteiger partial charge in [-0.15, -0.1) is 0 Å². The number of hydrogen-bond acceptors (Lipinski definition) is 8. The van der Waals surface area contributed by atoms with Gasteiger partial charge in [0, 0.05) is 31.3 Å². The third-order valence-corrected chi connectivity index (χ3v) is 8.55. The van der Waals surface area contributed by atoms with Crippen molar-refractivity contribution in [3.8, 4) is 5.75 Å². The predicted molar refractivity (Wildman–Crippen MR) is 149 cm³/mol. The molecular weight excluding hydrogens is 554 g/mol. The fourth-order valence-electron chi connectivity index (χ4n) is 4.82. The summed E-state index contributed by atoms with van der Waals surface area (Å²) in [5.41, 5.74) is -0.396. The van der Waals surface area contributed by atoms with Gasteiger partial charge in [0.15, 0.2) is 11.6 Å². The molecule has 1 aromatic carbocycles. The number of amides is 1. The van der Waals surface area contributed by atoms with Crippen LogP contribution >= 0.6 is 0 Å². The summed E-state index contributed by atoms with van der Waals surface area (Å²) >= 11 is 0. The summed E-state index contributed by atoms with van der Waals surface area (Å²) in [6.45, 7) is 5.32. The number of ether oxygens (including phenoxy) is 2. The number of benzene rings is 1. The molecule has 0 bridgehead atoms. The highest BCUT2D eigenvalue weighted by atomic mass is 32.2. The lowest BCUT2D eigenvalue weighted by atomic mass is 10.1. The molecule has 0 radical (unpaired) electrons. The predicted octanol–water partition coefficient (Wildman–Crippen LogP) is 4.18. The maximum Gasteiger partial charge on any atom is 0.251 e. The first-order chi connectivity index (χ1) is 19.6. The number of morpholine rings is 1. The van der Waals surface area contributed by atoms with Gasteiger partial charge in [-0.2, -0.15) is 0 Å². The Labute approximate surface area is 237 Å². The van der Waals surface area contributed by atoms with E-state index in [4.69, 9.17) is 14.5 Å². The highest BCUT2D eigenvalue weighted by molar-refractivity contribution is 7.92. The van der Waals surface area contributed by atoms with Crippen molar-refractivity contribution in [2.24, 2.45) is 0 Å². The molecule has 9 nitrogen and oxygen atoms in total. The number of pyridine rings is 2. The van der Waals surface area contributed by atoms with Gasteiger partial charge in [0.05, 0.1) is 36.7 Å². The van der Waals surface area contributed by atoms with E-state index in [2.05, 4.69) is 15.2 Å². The maximum absolute atomic E-state index is 14.6. The molecule has 1 amide bonds. The number of sulfone groups is 1. The molecule has 0 spiro atoms. The molecule has 5 rings (SSSR count). The van der Waals surface area contributed by atoms with Crippen molar-refractivity contribution in [3.63, 3.8) is 0 Å². The third kappa shape index (κ3) is 6.54. The second kappa shape index (κ2) is 11.9. The van der Waals surface area contributed by atoms with Crippen molar-refractivity contribution >= 4 is 33.7 Å². The standard InChI is InChI=1S/C29H30F2N4O5S/c1-18-16-35(17-19(2)40-18)27-5-3-4-22(34-27)7-6-20-8-10-32-23(12-20)15-33-29(36)21-13-24(30)28-25(14-21)41(37,38)26(31)9-11-39-28/h3-8,10,12-14,18-19,26H,9,11,15-17H2,1-2H3,(H,33,36)/b7-6+/t18-,19+,26?. The quantitative estimate of drug-likeness (QED) is 0.460. The Hall–Kier alpha value is -3.90. The first kappa shape index (κ1) is 28.6. The first-order valence-electron chi connectivity index (χ1n) is 13.2. The molecule has 1 saturated heterocycles. The smallest absolute Gasteiger partial charge is 0.251 e. The minimum absolute atomic E-state index is 0.00462. The number of nitrogens with one attached hydrogen (secondary N) is 1. The minimum Gasteiger partial charge on any atom is -0.489 e. The molecule has 41 heavy (non-hydrogen) atoms. The second-order valence-electron chi connectivity index (χ2n) is 10.1. The van der Waals surface area contributed by atoms with Crippen LogP contribution < -0.4 is 15.0 Å². The van der Waals surface area contributed by atoms with Crippen LogP contribution in [0.1, 0.15) is 47.6 Å². The lowest BCUT2D eigenvalue weighted by molar-refractivity contribution is -0.00546. The van der Waals surface area contributed by atoms with Gasteiger partial charge in [-0.25, -0.2) is 22.2 Å². The lowest BCUT2D eigenvalue weighted by Gasteiger charge is -2.36. The van der Waals surface area contributed by atoms with Crippen molar-refractivity contribution in [2.75, 3.05) is 24.6 Å². The number of hydrogen-bond donors (Lipinski definition) is 1. The normalized spacial score (nSPS) is 22.0. The SMILES string of the molecule is C[C@@H]1CN(c2cccc(/C=C/c3ccnc(CNC(=O)c4cc(F)c5c(c4)S(=O)(=O)C(F)CCO5)c3)n2)C[C@H](C)O1. The van der Waals surface area contributed by atoms with Crippen molar-refractivity contribution in [2.45, 2.75) is 49.4 Å². The van der Waals surface area contributed by atoms with Gasteiger partial charge in [0.2, 0.25) is 15.3 Å². The number of carbonyl (C=O) groups is 1. The van der Waals surface area contributed by atoms with E-state index >= 15 is 0 Å². The Morgan fingerprint density at radius 3 is 2.71 bits per heavy atom. The molecule has 2 aliphatic rings. The van der Waals surface area contributed by atoms with Crippen LogP contribution in [0.3, 0.4) is 0 Å². The number of rotatable bonds is 6. The van der Waals surface area contributed by atoms with E-state index in [0.29, 0.717) is 5.69 Å². The average molecular weight is 585 g/mol. The molecule has 1 N–H and O–H groups in total. The largest absolute Gasteiger partial charge is 0.489 e. The molecule has 0 aliphatic carbocycles. The molecule has 3 atom stereocenters. The van der Waals surface area contributed by atoms with Gasteiger partial charge in [0.1, 0.15) is 10.7 Å². The van der Waals surface area contributed by atoms with E-state index < -0.39 is 44.1 Å². The van der Waals surface area contributed by atoms with Gasteiger partial charge in [0.25, 0.3) is 5.91 Å². The zero-order chi connectivity index (χ0) is 29.1. The summed E-state index contributed by atoms with van der Waals surface area (Å²) in [6.07, 6.45) is 5.17. The molecule has 0 saturated carbocycles. The molecule has 3 aromatic rings. The molecule has 12 heteroatoms. The highest BCUT2D eigenvalue weighted by Gasteiger charge is 2.35. The molecule has 2 aromatic heterocycles. The Kier molecular flexibility index (Phi) is 8.32. The zero-order valence-electron chi connectivity index (χ0n) is 22.6. The van der Waals surface area contributed by atoms with Crippen LogP contribution in [0.2, 0.25) is 0 Å². The summed E-state index contributed by atoms with van der Waals surface area (Å²) in [6, 6.07) is 11.2. The van der Waals surface area contributed by atoms with E-state index in [1.54, 1.807) is 18.3 Å². The van der Waals surface area contributed by atoms with Gasteiger partial charge in [-0.1, -0.05) is 12.1 Å². The highest BCUT2D eigenvalue weighted by Crippen LogP contribution is 2.35. The molecular formula is C29H30F2N4O5S. The summed E-state index contributed by atoms with van der Waals surface area (Å²) in [4.78, 5) is 23.3. The second-order valence-corrected chi connectivity index (χ2v) is 12.1. The summed E-state index contributed by atoms with van der Waals surface area (Å²) in [7, 11) is -4.50. The fraction of sp³-hybridized carbons (Fsp3) is 0.345. The number of anilines is 1. The van der Waals surface area contributed by atoms with E-state index in [9.17, 15) is 22.0 Å². The number of aromatic nitrogens is 2. The van der Waals surface area contributed by atoms with Crippen molar-refractivity contribution < 1.29 is 31.5 Å². The summed E-state index contributed by atoms with van der Waals surface area (Å²) in [5.74, 6) is -1.48. The topological polar surface area (TPSA) is 111 Å². The van der Waals surface area contributed by atoms with Crippen molar-refractivity contribution in [1.29, 1.82) is 0 Å². The van der Waals surface area contributed by atoms with Gasteiger partial charge < -0.3 is 19.7 Å². The van der Waals surface area contributed by atoms with E-state index in [0.717, 1.165) is 42.3 Å². The zero-order valence-corrected chi connectivity index (χ0v) is 23.4. The minimum atomic E-state index is -4.50. The van der Waals surface area contributed by atoms with Gasteiger partial charge in [-0.05, 0) is 61.9 Å². The molecule has 216 valence electrons. The van der Waals surface area contributed by atoms with Gasteiger partial charge >= 0.3 is 0 Å². The number of halogens is 2. The fourth-order valence-corrected chi connectivity index (χ4v) is 6.21. The Morgan fingerprint density at radius 1 is 1.15 bits per heavy atom. The molecule has 2 aliphatic heterocycles. The number of carbonyl (C=O) groups excluding carboxylic acids is 1. The Balaban J connectivity index is 1.26. The maximum atomic E-state index is 14.6. The van der Waals surface area contributed by atoms with Crippen LogP contribution in [-0.4, -0.2) is 61.7 Å². The Morgan fingerprint density at radius 2 is 1.93 bits per heavy atom.